The predicted molar refractivity (Wildman–Crippen MR) is 101 cm³/mol. The molecule has 1 amide bonds. The van der Waals surface area contributed by atoms with Crippen molar-refractivity contribution < 1.29 is 4.79 Å². The molecule has 1 unspecified atom stereocenters. The zero-order chi connectivity index (χ0) is 18.1. The van der Waals surface area contributed by atoms with E-state index in [9.17, 15) is 4.79 Å². The Morgan fingerprint density at radius 1 is 1.31 bits per heavy atom. The molecule has 1 N–H and O–H groups in total. The summed E-state index contributed by atoms with van der Waals surface area (Å²) < 4.78 is 1.89. The standard InChI is InChI=1S/C20H25N5O/c1-14-5-3-7-17-19(14)23-20(22-17)16-6-4-11-24(13-16)18(26)9-12-25-15(2)8-10-21-25/h3,5,7-8,10,16H,4,6,9,11-13H2,1-2H3,(H,22,23). The first-order valence-electron chi connectivity index (χ1n) is 9.33. The lowest BCUT2D eigenvalue weighted by atomic mass is 9.97. The van der Waals surface area contributed by atoms with Gasteiger partial charge in [-0.3, -0.25) is 9.48 Å². The van der Waals surface area contributed by atoms with Crippen LogP contribution in [0.15, 0.2) is 30.5 Å². The second kappa shape index (κ2) is 6.94. The second-order valence-electron chi connectivity index (χ2n) is 7.22. The number of para-hydroxylation sites is 1. The third-order valence-electron chi connectivity index (χ3n) is 5.36. The Balaban J connectivity index is 1.44. The van der Waals surface area contributed by atoms with Crippen LogP contribution in [0.3, 0.4) is 0 Å². The molecule has 1 fully saturated rings. The number of carbonyl (C=O) groups excluding carboxylic acids is 1. The molecule has 1 aromatic carbocycles. The molecule has 2 aromatic heterocycles. The van der Waals surface area contributed by atoms with Crippen molar-refractivity contribution in [2.75, 3.05) is 13.1 Å². The number of rotatable bonds is 4. The van der Waals surface area contributed by atoms with E-state index in [0.717, 1.165) is 48.5 Å². The molecule has 26 heavy (non-hydrogen) atoms. The summed E-state index contributed by atoms with van der Waals surface area (Å²) in [7, 11) is 0. The first-order chi connectivity index (χ1) is 12.6. The number of nitrogens with one attached hydrogen (secondary N) is 1. The first kappa shape index (κ1) is 16.8. The highest BCUT2D eigenvalue weighted by Crippen LogP contribution is 2.28. The fourth-order valence-corrected chi connectivity index (χ4v) is 3.81. The van der Waals surface area contributed by atoms with Gasteiger partial charge in [0, 0.05) is 43.9 Å². The number of hydrogen-bond donors (Lipinski definition) is 1. The molecule has 1 aliphatic heterocycles. The average Bonchev–Trinajstić information content (AvgIpc) is 3.27. The average molecular weight is 351 g/mol. The molecule has 4 rings (SSSR count). The van der Waals surface area contributed by atoms with E-state index >= 15 is 0 Å². The quantitative estimate of drug-likeness (QED) is 0.785. The van der Waals surface area contributed by atoms with Gasteiger partial charge in [-0.05, 0) is 44.4 Å². The molecular weight excluding hydrogens is 326 g/mol. The molecule has 1 atom stereocenters. The topological polar surface area (TPSA) is 66.8 Å². The Morgan fingerprint density at radius 3 is 2.96 bits per heavy atom. The van der Waals surface area contributed by atoms with Crippen molar-refractivity contribution in [1.29, 1.82) is 0 Å². The van der Waals surface area contributed by atoms with E-state index in [4.69, 9.17) is 4.98 Å². The minimum absolute atomic E-state index is 0.205. The summed E-state index contributed by atoms with van der Waals surface area (Å²) in [6.45, 7) is 6.32. The van der Waals surface area contributed by atoms with Gasteiger partial charge in [0.1, 0.15) is 5.82 Å². The second-order valence-corrected chi connectivity index (χ2v) is 7.22. The number of carbonyl (C=O) groups is 1. The van der Waals surface area contributed by atoms with Crippen LogP contribution >= 0.6 is 0 Å². The number of piperidine rings is 1. The number of fused-ring (bicyclic) bond motifs is 1. The van der Waals surface area contributed by atoms with Crippen LogP contribution in [0, 0.1) is 13.8 Å². The Kier molecular flexibility index (Phi) is 4.49. The number of H-pyrrole nitrogens is 1. The largest absolute Gasteiger partial charge is 0.342 e. The van der Waals surface area contributed by atoms with Gasteiger partial charge < -0.3 is 9.88 Å². The lowest BCUT2D eigenvalue weighted by Crippen LogP contribution is -2.39. The fourth-order valence-electron chi connectivity index (χ4n) is 3.81. The minimum Gasteiger partial charge on any atom is -0.342 e. The molecule has 6 nitrogen and oxygen atoms in total. The molecule has 3 heterocycles. The number of imidazole rings is 1. The number of benzene rings is 1. The van der Waals surface area contributed by atoms with Gasteiger partial charge in [-0.25, -0.2) is 4.98 Å². The highest BCUT2D eigenvalue weighted by Gasteiger charge is 2.26. The van der Waals surface area contributed by atoms with Gasteiger partial charge in [0.15, 0.2) is 0 Å². The van der Waals surface area contributed by atoms with Gasteiger partial charge in [-0.15, -0.1) is 0 Å². The number of aromatic nitrogens is 4. The van der Waals surface area contributed by atoms with Crippen LogP contribution in [0.2, 0.25) is 0 Å². The number of aryl methyl sites for hydroxylation is 3. The summed E-state index contributed by atoms with van der Waals surface area (Å²) in [6.07, 6.45) is 4.36. The van der Waals surface area contributed by atoms with Crippen molar-refractivity contribution in [2.45, 2.75) is 45.6 Å². The third kappa shape index (κ3) is 3.23. The number of likely N-dealkylation sites (tertiary alicyclic amines) is 1. The Bertz CT molecular complexity index is 925. The zero-order valence-electron chi connectivity index (χ0n) is 15.4. The number of aromatic amines is 1. The monoisotopic (exact) mass is 351 g/mol. The summed E-state index contributed by atoms with van der Waals surface area (Å²) in [5.41, 5.74) is 4.40. The van der Waals surface area contributed by atoms with Gasteiger partial charge in [-0.1, -0.05) is 12.1 Å². The van der Waals surface area contributed by atoms with Gasteiger partial charge in [-0.2, -0.15) is 5.10 Å². The molecule has 1 aliphatic rings. The number of amides is 1. The van der Waals surface area contributed by atoms with Crippen molar-refractivity contribution in [2.24, 2.45) is 0 Å². The van der Waals surface area contributed by atoms with E-state index in [1.54, 1.807) is 6.20 Å². The normalized spacial score (nSPS) is 17.8. The highest BCUT2D eigenvalue weighted by molar-refractivity contribution is 5.79. The molecule has 6 heteroatoms. The molecule has 0 saturated carbocycles. The highest BCUT2D eigenvalue weighted by atomic mass is 16.2. The van der Waals surface area contributed by atoms with Crippen molar-refractivity contribution in [3.05, 3.63) is 47.5 Å². The van der Waals surface area contributed by atoms with Gasteiger partial charge in [0.05, 0.1) is 11.0 Å². The van der Waals surface area contributed by atoms with Crippen LogP contribution in [0.4, 0.5) is 0 Å². The SMILES string of the molecule is Cc1cccc2[nH]c(C3CCCN(C(=O)CCn4nccc4C)C3)nc12. The van der Waals surface area contributed by atoms with E-state index in [2.05, 4.69) is 29.1 Å². The molecule has 0 bridgehead atoms. The van der Waals surface area contributed by atoms with Crippen molar-refractivity contribution in [3.63, 3.8) is 0 Å². The lowest BCUT2D eigenvalue weighted by Gasteiger charge is -2.32. The van der Waals surface area contributed by atoms with Crippen LogP contribution in [-0.4, -0.2) is 43.6 Å². The summed E-state index contributed by atoms with van der Waals surface area (Å²) in [5.74, 6) is 1.50. The van der Waals surface area contributed by atoms with E-state index in [0.29, 0.717) is 13.0 Å². The van der Waals surface area contributed by atoms with Crippen LogP contribution in [-0.2, 0) is 11.3 Å². The van der Waals surface area contributed by atoms with Crippen molar-refractivity contribution in [1.82, 2.24) is 24.6 Å². The third-order valence-corrected chi connectivity index (χ3v) is 5.36. The van der Waals surface area contributed by atoms with Gasteiger partial charge in [0.25, 0.3) is 0 Å². The van der Waals surface area contributed by atoms with Crippen molar-refractivity contribution in [3.8, 4) is 0 Å². The summed E-state index contributed by atoms with van der Waals surface area (Å²) in [6, 6.07) is 8.16. The fraction of sp³-hybridized carbons (Fsp3) is 0.450. The maximum Gasteiger partial charge on any atom is 0.224 e. The summed E-state index contributed by atoms with van der Waals surface area (Å²) in [5, 5.41) is 4.26. The van der Waals surface area contributed by atoms with Crippen LogP contribution in [0.5, 0.6) is 0 Å². The van der Waals surface area contributed by atoms with Gasteiger partial charge in [0.2, 0.25) is 5.91 Å². The molecular formula is C20H25N5O. The Hall–Kier alpha value is -2.63. The Labute approximate surface area is 153 Å². The molecule has 1 saturated heterocycles. The maximum absolute atomic E-state index is 12.7. The minimum atomic E-state index is 0.205. The molecule has 0 aliphatic carbocycles. The van der Waals surface area contributed by atoms with Crippen LogP contribution in [0.1, 0.15) is 42.3 Å². The summed E-state index contributed by atoms with van der Waals surface area (Å²) >= 11 is 0. The molecule has 0 radical (unpaired) electrons. The molecule has 0 spiro atoms. The summed E-state index contributed by atoms with van der Waals surface area (Å²) in [4.78, 5) is 22.9. The predicted octanol–water partition coefficient (Wildman–Crippen LogP) is 3.17. The van der Waals surface area contributed by atoms with E-state index < -0.39 is 0 Å². The van der Waals surface area contributed by atoms with E-state index in [1.165, 1.54) is 5.56 Å². The van der Waals surface area contributed by atoms with E-state index in [-0.39, 0.29) is 11.8 Å². The van der Waals surface area contributed by atoms with E-state index in [1.807, 2.05) is 28.6 Å². The Morgan fingerprint density at radius 2 is 2.19 bits per heavy atom. The molecule has 136 valence electrons. The number of hydrogen-bond acceptors (Lipinski definition) is 3. The van der Waals surface area contributed by atoms with Crippen LogP contribution < -0.4 is 0 Å². The zero-order valence-corrected chi connectivity index (χ0v) is 15.4. The van der Waals surface area contributed by atoms with Crippen molar-refractivity contribution >= 4 is 16.9 Å². The molecule has 3 aromatic rings. The lowest BCUT2D eigenvalue weighted by molar-refractivity contribution is -0.132. The number of nitrogens with zero attached hydrogens (tertiary/aromatic N) is 4. The van der Waals surface area contributed by atoms with Gasteiger partial charge >= 0.3 is 0 Å². The maximum atomic E-state index is 12.7. The van der Waals surface area contributed by atoms with Crippen LogP contribution in [0.25, 0.3) is 11.0 Å². The smallest absolute Gasteiger partial charge is 0.224 e. The first-order valence-corrected chi connectivity index (χ1v) is 9.33.